The Morgan fingerprint density at radius 2 is 1.82 bits per heavy atom. The third kappa shape index (κ3) is 2.67. The van der Waals surface area contributed by atoms with Crippen LogP contribution in [-0.2, 0) is 9.53 Å². The first-order valence-electron chi connectivity index (χ1n) is 5.37. The highest BCUT2D eigenvalue weighted by atomic mass is 35.5. The molecule has 0 aliphatic heterocycles. The van der Waals surface area contributed by atoms with Gasteiger partial charge in [0, 0.05) is 10.6 Å². The largest absolute Gasteiger partial charge is 0.460 e. The number of esters is 1. The van der Waals surface area contributed by atoms with Crippen molar-refractivity contribution < 1.29 is 14.3 Å². The van der Waals surface area contributed by atoms with Crippen LogP contribution in [0.1, 0.15) is 34.0 Å². The van der Waals surface area contributed by atoms with Crippen LogP contribution < -0.4 is 0 Å². The molecule has 0 unspecified atom stereocenters. The lowest BCUT2D eigenvalue weighted by Crippen LogP contribution is -2.20. The van der Waals surface area contributed by atoms with Crippen molar-refractivity contribution in [3.63, 3.8) is 0 Å². The number of ether oxygens (including phenoxy) is 1. The average Bonchev–Trinajstić information content (AvgIpc) is 2.26. The number of benzene rings is 1. The van der Waals surface area contributed by atoms with E-state index in [1.165, 1.54) is 0 Å². The van der Waals surface area contributed by atoms with Crippen molar-refractivity contribution in [3.05, 3.63) is 33.3 Å². The Bertz CT molecular complexity index is 478. The van der Waals surface area contributed by atoms with Crippen LogP contribution in [0, 0.1) is 20.8 Å². The second kappa shape index (κ2) is 5.32. The third-order valence-corrected chi connectivity index (χ3v) is 3.15. The van der Waals surface area contributed by atoms with Gasteiger partial charge in [0.15, 0.2) is 0 Å². The normalized spacial score (nSPS) is 10.2. The van der Waals surface area contributed by atoms with Gasteiger partial charge >= 0.3 is 5.97 Å². The third-order valence-electron chi connectivity index (χ3n) is 2.57. The highest BCUT2D eigenvalue weighted by molar-refractivity contribution is 6.42. The molecule has 0 saturated carbocycles. The predicted molar refractivity (Wildman–Crippen MR) is 66.6 cm³/mol. The molecule has 0 N–H and O–H groups in total. The van der Waals surface area contributed by atoms with Crippen LogP contribution in [0.4, 0.5) is 0 Å². The fourth-order valence-electron chi connectivity index (χ4n) is 1.81. The average molecular weight is 255 g/mol. The second-order valence-electron chi connectivity index (χ2n) is 3.87. The summed E-state index contributed by atoms with van der Waals surface area (Å²) in [6.07, 6.45) is 0. The van der Waals surface area contributed by atoms with Crippen molar-refractivity contribution in [2.45, 2.75) is 27.7 Å². The molecule has 0 aliphatic carbocycles. The maximum Gasteiger partial charge on any atom is 0.379 e. The highest BCUT2D eigenvalue weighted by Crippen LogP contribution is 2.27. The molecule has 0 heterocycles. The van der Waals surface area contributed by atoms with Gasteiger partial charge in [-0.3, -0.25) is 4.79 Å². The van der Waals surface area contributed by atoms with E-state index in [0.29, 0.717) is 16.1 Å². The summed E-state index contributed by atoms with van der Waals surface area (Å²) in [6, 6.07) is 1.79. The molecule has 1 rings (SSSR count). The summed E-state index contributed by atoms with van der Waals surface area (Å²) < 4.78 is 4.71. The van der Waals surface area contributed by atoms with E-state index in [0.717, 1.165) is 11.1 Å². The van der Waals surface area contributed by atoms with Crippen molar-refractivity contribution in [2.24, 2.45) is 0 Å². The van der Waals surface area contributed by atoms with Gasteiger partial charge < -0.3 is 4.74 Å². The van der Waals surface area contributed by atoms with Crippen LogP contribution in [0.2, 0.25) is 5.02 Å². The molecule has 0 aliphatic rings. The molecular weight excluding hydrogens is 240 g/mol. The summed E-state index contributed by atoms with van der Waals surface area (Å²) in [5, 5.41) is 0.517. The van der Waals surface area contributed by atoms with Crippen molar-refractivity contribution in [3.8, 4) is 0 Å². The standard InChI is InChI=1S/C13H15ClO3/c1-5-17-13(16)12(15)10-7(2)6-8(3)11(14)9(10)4/h6H,5H2,1-4H3. The van der Waals surface area contributed by atoms with E-state index in [9.17, 15) is 9.59 Å². The molecule has 0 atom stereocenters. The smallest absolute Gasteiger partial charge is 0.379 e. The molecule has 0 spiro atoms. The van der Waals surface area contributed by atoms with Crippen LogP contribution in [0.3, 0.4) is 0 Å². The summed E-state index contributed by atoms with van der Waals surface area (Å²) in [5.41, 5.74) is 2.60. The Hall–Kier alpha value is -1.35. The maximum atomic E-state index is 11.9. The fraction of sp³-hybridized carbons (Fsp3) is 0.385. The first-order valence-corrected chi connectivity index (χ1v) is 5.75. The number of carbonyl (C=O) groups is 2. The molecule has 92 valence electrons. The molecule has 17 heavy (non-hydrogen) atoms. The van der Waals surface area contributed by atoms with Gasteiger partial charge in [-0.05, 0) is 44.4 Å². The summed E-state index contributed by atoms with van der Waals surface area (Å²) >= 11 is 6.08. The molecule has 1 aromatic carbocycles. The Kier molecular flexibility index (Phi) is 4.29. The SMILES string of the molecule is CCOC(=O)C(=O)c1c(C)cc(C)c(Cl)c1C. The predicted octanol–water partition coefficient (Wildman–Crippen LogP) is 3.01. The van der Waals surface area contributed by atoms with Crippen molar-refractivity contribution in [2.75, 3.05) is 6.61 Å². The molecule has 1 aromatic rings. The van der Waals surface area contributed by atoms with Gasteiger partial charge in [0.25, 0.3) is 5.78 Å². The van der Waals surface area contributed by atoms with Crippen LogP contribution in [-0.4, -0.2) is 18.4 Å². The van der Waals surface area contributed by atoms with Crippen LogP contribution >= 0.6 is 11.6 Å². The van der Waals surface area contributed by atoms with Crippen molar-refractivity contribution in [1.82, 2.24) is 0 Å². The van der Waals surface area contributed by atoms with Gasteiger partial charge in [-0.15, -0.1) is 0 Å². The lowest BCUT2D eigenvalue weighted by molar-refractivity contribution is -0.137. The molecule has 0 bridgehead atoms. The summed E-state index contributed by atoms with van der Waals surface area (Å²) in [7, 11) is 0. The van der Waals surface area contributed by atoms with Gasteiger partial charge in [0.05, 0.1) is 6.61 Å². The van der Waals surface area contributed by atoms with Crippen molar-refractivity contribution >= 4 is 23.4 Å². The first kappa shape index (κ1) is 13.7. The quantitative estimate of drug-likeness (QED) is 0.473. The van der Waals surface area contributed by atoms with Crippen LogP contribution in [0.25, 0.3) is 0 Å². The number of aryl methyl sites for hydroxylation is 2. The van der Waals surface area contributed by atoms with E-state index >= 15 is 0 Å². The monoisotopic (exact) mass is 254 g/mol. The summed E-state index contributed by atoms with van der Waals surface area (Å²) in [6.45, 7) is 7.22. The van der Waals surface area contributed by atoms with Gasteiger partial charge in [-0.2, -0.15) is 0 Å². The minimum atomic E-state index is -0.835. The van der Waals surface area contributed by atoms with E-state index in [2.05, 4.69) is 0 Å². The number of ketones is 1. The number of hydrogen-bond acceptors (Lipinski definition) is 3. The Balaban J connectivity index is 3.28. The van der Waals surface area contributed by atoms with Crippen molar-refractivity contribution in [1.29, 1.82) is 0 Å². The second-order valence-corrected chi connectivity index (χ2v) is 4.25. The first-order chi connectivity index (χ1) is 7.90. The molecular formula is C13H15ClO3. The summed E-state index contributed by atoms with van der Waals surface area (Å²) in [5.74, 6) is -1.47. The van der Waals surface area contributed by atoms with Gasteiger partial charge in [-0.1, -0.05) is 17.7 Å². The number of rotatable bonds is 3. The zero-order valence-corrected chi connectivity index (χ0v) is 11.1. The Morgan fingerprint density at radius 3 is 2.35 bits per heavy atom. The van der Waals surface area contributed by atoms with Gasteiger partial charge in [0.2, 0.25) is 0 Å². The fourth-order valence-corrected chi connectivity index (χ4v) is 1.96. The van der Waals surface area contributed by atoms with E-state index < -0.39 is 11.8 Å². The van der Waals surface area contributed by atoms with Gasteiger partial charge in [-0.25, -0.2) is 4.79 Å². The molecule has 4 heteroatoms. The maximum absolute atomic E-state index is 11.9. The van der Waals surface area contributed by atoms with E-state index in [4.69, 9.17) is 16.3 Å². The number of Topliss-reactive ketones (excluding diaryl/α,β-unsaturated/α-hetero) is 1. The molecule has 0 aromatic heterocycles. The Morgan fingerprint density at radius 1 is 1.24 bits per heavy atom. The molecule has 0 fully saturated rings. The van der Waals surface area contributed by atoms with Crippen LogP contribution in [0.15, 0.2) is 6.07 Å². The lowest BCUT2D eigenvalue weighted by Gasteiger charge is -2.11. The number of hydrogen-bond donors (Lipinski definition) is 0. The minimum Gasteiger partial charge on any atom is -0.460 e. The Labute approximate surface area is 106 Å². The molecule has 0 radical (unpaired) electrons. The van der Waals surface area contributed by atoms with E-state index in [1.807, 2.05) is 6.92 Å². The lowest BCUT2D eigenvalue weighted by atomic mass is 9.96. The summed E-state index contributed by atoms with van der Waals surface area (Å²) in [4.78, 5) is 23.3. The molecule has 0 saturated heterocycles. The minimum absolute atomic E-state index is 0.183. The zero-order chi connectivity index (χ0) is 13.2. The zero-order valence-electron chi connectivity index (χ0n) is 10.4. The van der Waals surface area contributed by atoms with E-state index in [-0.39, 0.29) is 6.61 Å². The highest BCUT2D eigenvalue weighted by Gasteiger charge is 2.23. The number of halogens is 1. The molecule has 3 nitrogen and oxygen atoms in total. The molecule has 0 amide bonds. The van der Waals surface area contributed by atoms with Gasteiger partial charge in [0.1, 0.15) is 0 Å². The van der Waals surface area contributed by atoms with Crippen LogP contribution in [0.5, 0.6) is 0 Å². The van der Waals surface area contributed by atoms with E-state index in [1.54, 1.807) is 26.8 Å². The number of carbonyl (C=O) groups excluding carboxylic acids is 2. The topological polar surface area (TPSA) is 43.4 Å².